The Hall–Kier alpha value is -1.59. The van der Waals surface area contributed by atoms with Crippen LogP contribution in [0.4, 0.5) is 0 Å². The molecule has 154 valence electrons. The normalized spacial score (nSPS) is 28.8. The van der Waals surface area contributed by atoms with E-state index in [1.54, 1.807) is 7.11 Å². The lowest BCUT2D eigenvalue weighted by Crippen LogP contribution is -2.46. The first-order valence-corrected chi connectivity index (χ1v) is 11.1. The molecule has 3 fully saturated rings. The van der Waals surface area contributed by atoms with Gasteiger partial charge in [0, 0.05) is 44.7 Å². The minimum Gasteiger partial charge on any atom is -0.497 e. The highest BCUT2D eigenvalue weighted by atomic mass is 16.5. The van der Waals surface area contributed by atoms with Crippen LogP contribution >= 0.6 is 0 Å². The first kappa shape index (κ1) is 19.7. The fraction of sp³-hybridized carbons (Fsp3) is 0.696. The van der Waals surface area contributed by atoms with Gasteiger partial charge >= 0.3 is 0 Å². The third-order valence-corrected chi connectivity index (χ3v) is 7.00. The molecule has 5 heteroatoms. The van der Waals surface area contributed by atoms with Crippen molar-refractivity contribution in [2.45, 2.75) is 51.1 Å². The second-order valence-corrected chi connectivity index (χ2v) is 8.78. The Kier molecular flexibility index (Phi) is 6.53. The van der Waals surface area contributed by atoms with Crippen LogP contribution in [0.1, 0.15) is 44.1 Å². The molecular formula is C23H35N3O2. The predicted octanol–water partition coefficient (Wildman–Crippen LogP) is 2.90. The van der Waals surface area contributed by atoms with E-state index in [-0.39, 0.29) is 5.92 Å². The van der Waals surface area contributed by atoms with Gasteiger partial charge in [-0.1, -0.05) is 25.0 Å². The molecule has 5 nitrogen and oxygen atoms in total. The smallest absolute Gasteiger partial charge is 0.223 e. The van der Waals surface area contributed by atoms with E-state index in [0.717, 1.165) is 57.9 Å². The fourth-order valence-corrected chi connectivity index (χ4v) is 5.38. The van der Waals surface area contributed by atoms with Crippen LogP contribution in [0.25, 0.3) is 0 Å². The van der Waals surface area contributed by atoms with Crippen LogP contribution in [-0.2, 0) is 11.3 Å². The molecule has 0 radical (unpaired) electrons. The zero-order chi connectivity index (χ0) is 19.3. The van der Waals surface area contributed by atoms with Gasteiger partial charge in [0.15, 0.2) is 0 Å². The van der Waals surface area contributed by atoms with Crippen LogP contribution in [0.15, 0.2) is 24.3 Å². The number of hydrogen-bond acceptors (Lipinski definition) is 4. The number of fused-ring (bicyclic) bond motifs is 1. The third-order valence-electron chi connectivity index (χ3n) is 7.00. The van der Waals surface area contributed by atoms with E-state index < -0.39 is 0 Å². The van der Waals surface area contributed by atoms with Crippen molar-refractivity contribution < 1.29 is 9.53 Å². The Morgan fingerprint density at radius 2 is 1.89 bits per heavy atom. The van der Waals surface area contributed by atoms with Crippen molar-refractivity contribution in [1.29, 1.82) is 0 Å². The van der Waals surface area contributed by atoms with Gasteiger partial charge < -0.3 is 15.0 Å². The lowest BCUT2D eigenvalue weighted by atomic mass is 9.78. The maximum atomic E-state index is 12.3. The molecule has 2 saturated heterocycles. The van der Waals surface area contributed by atoms with Crippen molar-refractivity contribution in [2.24, 2.45) is 11.8 Å². The Balaban J connectivity index is 1.17. The molecule has 3 atom stereocenters. The van der Waals surface area contributed by atoms with Crippen molar-refractivity contribution in [3.8, 4) is 5.75 Å². The number of hydrogen-bond donors (Lipinski definition) is 1. The summed E-state index contributed by atoms with van der Waals surface area (Å²) in [4.78, 5) is 17.5. The molecule has 1 aromatic carbocycles. The summed E-state index contributed by atoms with van der Waals surface area (Å²) in [6.45, 7) is 6.63. The molecule has 1 aliphatic carbocycles. The molecule has 3 aliphatic rings. The molecule has 28 heavy (non-hydrogen) atoms. The number of carbonyl (C=O) groups excluding carboxylic acids is 1. The number of ether oxygens (including phenoxy) is 1. The second kappa shape index (κ2) is 9.27. The Labute approximate surface area is 169 Å². The Morgan fingerprint density at radius 3 is 2.71 bits per heavy atom. The van der Waals surface area contributed by atoms with Gasteiger partial charge in [0.25, 0.3) is 0 Å². The van der Waals surface area contributed by atoms with Crippen LogP contribution < -0.4 is 10.1 Å². The van der Waals surface area contributed by atoms with E-state index in [1.807, 2.05) is 6.07 Å². The summed E-state index contributed by atoms with van der Waals surface area (Å²) in [5, 5.41) is 3.26. The maximum absolute atomic E-state index is 12.3. The van der Waals surface area contributed by atoms with Gasteiger partial charge in [-0.15, -0.1) is 0 Å². The largest absolute Gasteiger partial charge is 0.497 e. The highest BCUT2D eigenvalue weighted by molar-refractivity contribution is 5.81. The summed E-state index contributed by atoms with van der Waals surface area (Å²) in [6.07, 6.45) is 7.25. The maximum Gasteiger partial charge on any atom is 0.223 e. The van der Waals surface area contributed by atoms with Crippen molar-refractivity contribution in [1.82, 2.24) is 15.1 Å². The van der Waals surface area contributed by atoms with Crippen LogP contribution in [0, 0.1) is 11.8 Å². The highest BCUT2D eigenvalue weighted by Gasteiger charge is 2.42. The summed E-state index contributed by atoms with van der Waals surface area (Å²) in [7, 11) is 1.72. The summed E-state index contributed by atoms with van der Waals surface area (Å²) in [5.74, 6) is 2.16. The number of carbonyl (C=O) groups is 1. The molecule has 1 saturated carbocycles. The SMILES string of the molecule is COc1cccc(CN2CCN(CCCC3C(=O)N[C@@H]4CCCC[C@@H]34)CC2)c1. The predicted molar refractivity (Wildman–Crippen MR) is 111 cm³/mol. The second-order valence-electron chi connectivity index (χ2n) is 8.78. The fourth-order valence-electron chi connectivity index (χ4n) is 5.38. The Morgan fingerprint density at radius 1 is 1.11 bits per heavy atom. The lowest BCUT2D eigenvalue weighted by molar-refractivity contribution is -0.123. The number of benzene rings is 1. The molecule has 1 unspecified atom stereocenters. The third kappa shape index (κ3) is 4.69. The van der Waals surface area contributed by atoms with E-state index in [0.29, 0.717) is 17.9 Å². The van der Waals surface area contributed by atoms with Crippen LogP contribution in [0.5, 0.6) is 5.75 Å². The summed E-state index contributed by atoms with van der Waals surface area (Å²) < 4.78 is 5.33. The molecule has 1 N–H and O–H groups in total. The first-order valence-electron chi connectivity index (χ1n) is 11.1. The van der Waals surface area contributed by atoms with Crippen molar-refractivity contribution in [3.63, 3.8) is 0 Å². The molecule has 0 bridgehead atoms. The van der Waals surface area contributed by atoms with Gasteiger partial charge in [-0.05, 0) is 55.8 Å². The van der Waals surface area contributed by atoms with Gasteiger partial charge in [-0.3, -0.25) is 9.69 Å². The van der Waals surface area contributed by atoms with Gasteiger partial charge in [0.1, 0.15) is 5.75 Å². The van der Waals surface area contributed by atoms with E-state index in [9.17, 15) is 4.79 Å². The lowest BCUT2D eigenvalue weighted by Gasteiger charge is -2.35. The quantitative estimate of drug-likeness (QED) is 0.784. The number of nitrogens with one attached hydrogen (secondary N) is 1. The molecule has 2 heterocycles. The zero-order valence-electron chi connectivity index (χ0n) is 17.2. The molecule has 1 amide bonds. The molecule has 1 aromatic rings. The van der Waals surface area contributed by atoms with Gasteiger partial charge in [0.2, 0.25) is 5.91 Å². The molecule has 0 spiro atoms. The van der Waals surface area contributed by atoms with Crippen LogP contribution in [0.2, 0.25) is 0 Å². The van der Waals surface area contributed by atoms with E-state index in [1.165, 1.54) is 31.2 Å². The van der Waals surface area contributed by atoms with E-state index in [2.05, 4.69) is 33.3 Å². The zero-order valence-corrected chi connectivity index (χ0v) is 17.2. The van der Waals surface area contributed by atoms with Crippen molar-refractivity contribution >= 4 is 5.91 Å². The number of piperazine rings is 1. The summed E-state index contributed by atoms with van der Waals surface area (Å²) in [6, 6.07) is 8.87. The average molecular weight is 386 g/mol. The standard InChI is InChI=1S/C23H35N3O2/c1-28-19-7-4-6-18(16-19)17-26-14-12-25(13-15-26)11-5-9-21-20-8-2-3-10-22(20)24-23(21)27/h4,6-7,16,20-22H,2-3,5,8-15,17H2,1H3,(H,24,27)/t20-,21?,22+/m0/s1. The highest BCUT2D eigenvalue weighted by Crippen LogP contribution is 2.37. The number of rotatable bonds is 7. The number of nitrogens with zero attached hydrogens (tertiary/aromatic N) is 2. The monoisotopic (exact) mass is 385 g/mol. The van der Waals surface area contributed by atoms with Crippen LogP contribution in [-0.4, -0.2) is 61.6 Å². The van der Waals surface area contributed by atoms with Crippen molar-refractivity contribution in [2.75, 3.05) is 39.8 Å². The Bertz CT molecular complexity index is 657. The number of methoxy groups -OCH3 is 1. The first-order chi connectivity index (χ1) is 13.7. The number of amides is 1. The van der Waals surface area contributed by atoms with Gasteiger partial charge in [-0.2, -0.15) is 0 Å². The van der Waals surface area contributed by atoms with E-state index in [4.69, 9.17) is 4.74 Å². The average Bonchev–Trinajstić information content (AvgIpc) is 3.05. The minimum atomic E-state index is 0.277. The van der Waals surface area contributed by atoms with E-state index >= 15 is 0 Å². The molecular weight excluding hydrogens is 350 g/mol. The van der Waals surface area contributed by atoms with Gasteiger partial charge in [-0.25, -0.2) is 0 Å². The summed E-state index contributed by atoms with van der Waals surface area (Å²) in [5.41, 5.74) is 1.32. The topological polar surface area (TPSA) is 44.8 Å². The van der Waals surface area contributed by atoms with Crippen molar-refractivity contribution in [3.05, 3.63) is 29.8 Å². The molecule has 0 aromatic heterocycles. The molecule has 4 rings (SSSR count). The molecule has 2 aliphatic heterocycles. The van der Waals surface area contributed by atoms with Crippen LogP contribution in [0.3, 0.4) is 0 Å². The van der Waals surface area contributed by atoms with Gasteiger partial charge in [0.05, 0.1) is 7.11 Å². The summed E-state index contributed by atoms with van der Waals surface area (Å²) >= 11 is 0. The minimum absolute atomic E-state index is 0.277.